The van der Waals surface area contributed by atoms with E-state index in [1.165, 1.54) is 44.7 Å². The molecule has 0 atom stereocenters. The third kappa shape index (κ3) is 4.84. The van der Waals surface area contributed by atoms with Crippen LogP contribution in [0.15, 0.2) is 41.5 Å². The zero-order valence-electron chi connectivity index (χ0n) is 13.7. The molecule has 0 spiro atoms. The number of nitrogens with zero attached hydrogens (tertiary/aromatic N) is 1. The van der Waals surface area contributed by atoms with Gasteiger partial charge in [-0.05, 0) is 24.3 Å². The number of aromatic hydroxyl groups is 1. The Bertz CT molecular complexity index is 755. The lowest BCUT2D eigenvalue weighted by Gasteiger charge is -2.09. The van der Waals surface area contributed by atoms with Crippen LogP contribution in [0.2, 0.25) is 0 Å². The maximum Gasteiger partial charge on any atom is 0.259 e. The van der Waals surface area contributed by atoms with Gasteiger partial charge in [0.15, 0.2) is 11.5 Å². The molecular formula is C17H18FN3O4. The number of methoxy groups -OCH3 is 2. The zero-order valence-corrected chi connectivity index (χ0v) is 13.7. The number of hydrazone groups is 1. The molecule has 0 radical (unpaired) electrons. The number of ether oxygens (including phenoxy) is 2. The molecule has 2 rings (SSSR count). The highest BCUT2D eigenvalue weighted by Gasteiger charge is 2.10. The molecule has 0 saturated carbocycles. The summed E-state index contributed by atoms with van der Waals surface area (Å²) in [6.45, 7) is -0.138. The lowest BCUT2D eigenvalue weighted by atomic mass is 10.2. The van der Waals surface area contributed by atoms with E-state index in [-0.39, 0.29) is 29.5 Å². The number of para-hydroxylation sites is 1. The molecule has 0 saturated heterocycles. The summed E-state index contributed by atoms with van der Waals surface area (Å²) in [7, 11) is 2.82. The fourth-order valence-corrected chi connectivity index (χ4v) is 1.99. The summed E-state index contributed by atoms with van der Waals surface area (Å²) in [5, 5.41) is 16.3. The quantitative estimate of drug-likeness (QED) is 0.527. The predicted octanol–water partition coefficient (Wildman–Crippen LogP) is 2.11. The van der Waals surface area contributed by atoms with Crippen molar-refractivity contribution in [3.63, 3.8) is 0 Å². The standard InChI is InChI=1S/C17H18FN3O4/c1-24-14-7-11(8-15(25-2)17(14)23)9-20-21-16(22)10-19-13-6-4-3-5-12(13)18/h3-9,19,23H,10H2,1-2H3,(H,21,22)/b20-9+. The summed E-state index contributed by atoms with van der Waals surface area (Å²) >= 11 is 0. The maximum atomic E-state index is 13.4. The summed E-state index contributed by atoms with van der Waals surface area (Å²) in [5.74, 6) is -0.582. The van der Waals surface area contributed by atoms with Crippen LogP contribution in [0.4, 0.5) is 10.1 Å². The summed E-state index contributed by atoms with van der Waals surface area (Å²) in [5.41, 5.74) is 3.09. The van der Waals surface area contributed by atoms with Crippen LogP contribution in [-0.2, 0) is 4.79 Å². The number of halogens is 1. The molecule has 3 N–H and O–H groups in total. The number of benzene rings is 2. The molecule has 1 amide bonds. The van der Waals surface area contributed by atoms with Crippen molar-refractivity contribution in [2.45, 2.75) is 0 Å². The lowest BCUT2D eigenvalue weighted by Crippen LogP contribution is -2.26. The van der Waals surface area contributed by atoms with Crippen LogP contribution < -0.4 is 20.2 Å². The van der Waals surface area contributed by atoms with Crippen LogP contribution in [0.3, 0.4) is 0 Å². The monoisotopic (exact) mass is 347 g/mol. The van der Waals surface area contributed by atoms with Gasteiger partial charge in [0, 0.05) is 5.56 Å². The van der Waals surface area contributed by atoms with Crippen LogP contribution in [0.5, 0.6) is 17.2 Å². The molecule has 7 nitrogen and oxygen atoms in total. The van der Waals surface area contributed by atoms with E-state index in [2.05, 4.69) is 15.8 Å². The first kappa shape index (κ1) is 18.1. The Hall–Kier alpha value is -3.29. The van der Waals surface area contributed by atoms with Gasteiger partial charge in [-0.2, -0.15) is 5.10 Å². The van der Waals surface area contributed by atoms with Crippen LogP contribution in [0.25, 0.3) is 0 Å². The Morgan fingerprint density at radius 1 is 1.24 bits per heavy atom. The van der Waals surface area contributed by atoms with Gasteiger partial charge in [0.1, 0.15) is 5.82 Å². The molecule has 25 heavy (non-hydrogen) atoms. The third-order valence-corrected chi connectivity index (χ3v) is 3.22. The van der Waals surface area contributed by atoms with Gasteiger partial charge in [-0.3, -0.25) is 4.79 Å². The molecule has 0 aliphatic heterocycles. The molecule has 0 aliphatic rings. The van der Waals surface area contributed by atoms with Crippen molar-refractivity contribution < 1.29 is 23.8 Å². The largest absolute Gasteiger partial charge is 0.502 e. The molecule has 2 aromatic carbocycles. The summed E-state index contributed by atoms with van der Waals surface area (Å²) < 4.78 is 23.5. The topological polar surface area (TPSA) is 92.2 Å². The van der Waals surface area contributed by atoms with Crippen molar-refractivity contribution in [2.75, 3.05) is 26.1 Å². The number of hydrogen-bond donors (Lipinski definition) is 3. The van der Waals surface area contributed by atoms with E-state index in [9.17, 15) is 14.3 Å². The minimum absolute atomic E-state index is 0.125. The average Bonchev–Trinajstić information content (AvgIpc) is 2.62. The van der Waals surface area contributed by atoms with E-state index in [1.54, 1.807) is 12.1 Å². The minimum atomic E-state index is -0.447. The van der Waals surface area contributed by atoms with E-state index in [0.717, 1.165) is 0 Å². The Morgan fingerprint density at radius 3 is 2.48 bits per heavy atom. The molecule has 0 bridgehead atoms. The van der Waals surface area contributed by atoms with Gasteiger partial charge in [0.2, 0.25) is 5.75 Å². The van der Waals surface area contributed by atoms with Gasteiger partial charge in [-0.1, -0.05) is 12.1 Å². The maximum absolute atomic E-state index is 13.4. The van der Waals surface area contributed by atoms with E-state index < -0.39 is 11.7 Å². The van der Waals surface area contributed by atoms with Gasteiger partial charge in [-0.15, -0.1) is 0 Å². The molecule has 132 valence electrons. The number of carbonyl (C=O) groups excluding carboxylic acids is 1. The Kier molecular flexibility index (Phi) is 6.16. The highest BCUT2D eigenvalue weighted by atomic mass is 19.1. The highest BCUT2D eigenvalue weighted by molar-refractivity contribution is 5.85. The molecule has 8 heteroatoms. The second-order valence-electron chi connectivity index (χ2n) is 4.90. The van der Waals surface area contributed by atoms with Crippen LogP contribution in [0, 0.1) is 5.82 Å². The molecule has 2 aromatic rings. The van der Waals surface area contributed by atoms with Crippen molar-refractivity contribution in [3.8, 4) is 17.2 Å². The first-order valence-electron chi connectivity index (χ1n) is 7.30. The molecular weight excluding hydrogens is 329 g/mol. The smallest absolute Gasteiger partial charge is 0.259 e. The SMILES string of the molecule is COc1cc(/C=N/NC(=O)CNc2ccccc2F)cc(OC)c1O. The van der Waals surface area contributed by atoms with E-state index >= 15 is 0 Å². The van der Waals surface area contributed by atoms with Gasteiger partial charge in [0.25, 0.3) is 5.91 Å². The predicted molar refractivity (Wildman–Crippen MR) is 91.8 cm³/mol. The Labute approximate surface area is 144 Å². The Balaban J connectivity index is 1.94. The minimum Gasteiger partial charge on any atom is -0.502 e. The summed E-state index contributed by atoms with van der Waals surface area (Å²) in [6.07, 6.45) is 1.37. The number of phenolic OH excluding ortho intramolecular Hbond substituents is 1. The van der Waals surface area contributed by atoms with Gasteiger partial charge in [-0.25, -0.2) is 9.82 Å². The second-order valence-corrected chi connectivity index (χ2v) is 4.90. The molecule has 0 aromatic heterocycles. The van der Waals surface area contributed by atoms with E-state index in [0.29, 0.717) is 5.56 Å². The number of rotatable bonds is 7. The van der Waals surface area contributed by atoms with Gasteiger partial charge >= 0.3 is 0 Å². The fourth-order valence-electron chi connectivity index (χ4n) is 1.99. The normalized spacial score (nSPS) is 10.5. The van der Waals surface area contributed by atoms with Gasteiger partial charge < -0.3 is 19.9 Å². The lowest BCUT2D eigenvalue weighted by molar-refractivity contribution is -0.119. The average molecular weight is 347 g/mol. The first-order chi connectivity index (χ1) is 12.0. The number of nitrogens with one attached hydrogen (secondary N) is 2. The van der Waals surface area contributed by atoms with Crippen molar-refractivity contribution in [1.29, 1.82) is 0 Å². The molecule has 0 aliphatic carbocycles. The number of hydrogen-bond acceptors (Lipinski definition) is 6. The molecule has 0 fully saturated rings. The van der Waals surface area contributed by atoms with E-state index in [4.69, 9.17) is 9.47 Å². The fraction of sp³-hybridized carbons (Fsp3) is 0.176. The van der Waals surface area contributed by atoms with Crippen molar-refractivity contribution in [1.82, 2.24) is 5.43 Å². The summed E-state index contributed by atoms with van der Waals surface area (Å²) in [4.78, 5) is 11.7. The highest BCUT2D eigenvalue weighted by Crippen LogP contribution is 2.36. The number of amides is 1. The van der Waals surface area contributed by atoms with Crippen molar-refractivity contribution in [2.24, 2.45) is 5.10 Å². The van der Waals surface area contributed by atoms with Crippen LogP contribution >= 0.6 is 0 Å². The Morgan fingerprint density at radius 2 is 1.88 bits per heavy atom. The van der Waals surface area contributed by atoms with Crippen molar-refractivity contribution in [3.05, 3.63) is 47.8 Å². The zero-order chi connectivity index (χ0) is 18.2. The van der Waals surface area contributed by atoms with Crippen LogP contribution in [0.1, 0.15) is 5.56 Å². The number of phenols is 1. The third-order valence-electron chi connectivity index (χ3n) is 3.22. The van der Waals surface area contributed by atoms with Crippen LogP contribution in [-0.4, -0.2) is 38.0 Å². The molecule has 0 unspecified atom stereocenters. The second kappa shape index (κ2) is 8.53. The summed E-state index contributed by atoms with van der Waals surface area (Å²) in [6, 6.07) is 9.11. The number of carbonyl (C=O) groups is 1. The first-order valence-corrected chi connectivity index (χ1v) is 7.30. The number of anilines is 1. The van der Waals surface area contributed by atoms with E-state index in [1.807, 2.05) is 0 Å². The van der Waals surface area contributed by atoms with Gasteiger partial charge in [0.05, 0.1) is 32.7 Å². The molecule has 0 heterocycles. The van der Waals surface area contributed by atoms with Crippen molar-refractivity contribution >= 4 is 17.8 Å².